The van der Waals surface area contributed by atoms with E-state index < -0.39 is 19.8 Å². The summed E-state index contributed by atoms with van der Waals surface area (Å²) in [5.74, 6) is 0.874. The second-order valence-electron chi connectivity index (χ2n) is 5.74. The third-order valence-corrected chi connectivity index (χ3v) is 8.79. The molecule has 0 fully saturated rings. The zero-order chi connectivity index (χ0) is 15.7. The van der Waals surface area contributed by atoms with E-state index in [0.29, 0.717) is 0 Å². The van der Waals surface area contributed by atoms with Gasteiger partial charge in [-0.1, -0.05) is 0 Å². The Balaban J connectivity index is 2.00. The molecule has 0 saturated carbocycles. The minimum absolute atomic E-state index is 0.154. The van der Waals surface area contributed by atoms with Gasteiger partial charge in [0.25, 0.3) is 0 Å². The number of nitrogens with zero attached hydrogens (tertiary/aromatic N) is 1. The molecule has 22 heavy (non-hydrogen) atoms. The number of aliphatic imine (C=N–C) groups is 1. The Morgan fingerprint density at radius 3 is 2.45 bits per heavy atom. The molecule has 2 N–H and O–H groups in total. The maximum absolute atomic E-state index is 6.08. The van der Waals surface area contributed by atoms with Crippen molar-refractivity contribution in [2.75, 3.05) is 16.5 Å². The fourth-order valence-electron chi connectivity index (χ4n) is 2.77. The molecule has 0 aliphatic carbocycles. The molecule has 1 unspecified atom stereocenters. The van der Waals surface area contributed by atoms with E-state index in [0.717, 1.165) is 19.6 Å². The predicted octanol–water partition coefficient (Wildman–Crippen LogP) is 4.04. The van der Waals surface area contributed by atoms with Crippen LogP contribution in [-0.4, -0.2) is 20.3 Å². The molecule has 1 heterocycles. The van der Waals surface area contributed by atoms with E-state index in [2.05, 4.69) is 48.3 Å². The van der Waals surface area contributed by atoms with Crippen LogP contribution in [0.25, 0.3) is 11.1 Å². The third kappa shape index (κ3) is 2.84. The first-order valence-corrected chi connectivity index (χ1v) is 11.9. The molecule has 3 rings (SSSR count). The van der Waals surface area contributed by atoms with E-state index >= 15 is 0 Å². The summed E-state index contributed by atoms with van der Waals surface area (Å²) in [6, 6.07) is 16.8. The summed E-state index contributed by atoms with van der Waals surface area (Å²) in [4.78, 5) is 7.07. The number of benzene rings is 2. The van der Waals surface area contributed by atoms with Gasteiger partial charge in [-0.3, -0.25) is 0 Å². The number of alkyl halides is 2. The zero-order valence-corrected chi connectivity index (χ0v) is 15.3. The van der Waals surface area contributed by atoms with Crippen LogP contribution in [0.1, 0.15) is 12.5 Å². The summed E-state index contributed by atoms with van der Waals surface area (Å²) in [6.07, 6.45) is 0. The third-order valence-electron chi connectivity index (χ3n) is 4.03. The van der Waals surface area contributed by atoms with Gasteiger partial charge in [0, 0.05) is 0 Å². The molecule has 1 atom stereocenters. The quantitative estimate of drug-likeness (QED) is 0.474. The molecule has 4 heteroatoms. The topological polar surface area (TPSA) is 47.6 Å². The van der Waals surface area contributed by atoms with E-state index in [-0.39, 0.29) is 5.54 Å². The van der Waals surface area contributed by atoms with Crippen LogP contribution in [0.2, 0.25) is 0 Å². The maximum atomic E-state index is 6.08. The van der Waals surface area contributed by atoms with Crippen molar-refractivity contribution in [2.24, 2.45) is 10.7 Å². The van der Waals surface area contributed by atoms with Crippen LogP contribution in [-0.2, 0) is 5.54 Å². The van der Waals surface area contributed by atoms with E-state index in [9.17, 15) is 0 Å². The van der Waals surface area contributed by atoms with Crippen molar-refractivity contribution in [3.63, 3.8) is 0 Å². The van der Waals surface area contributed by atoms with E-state index in [1.807, 2.05) is 12.1 Å². The predicted molar refractivity (Wildman–Crippen MR) is 102 cm³/mol. The van der Waals surface area contributed by atoms with E-state index in [1.54, 1.807) is 7.11 Å². The molecule has 0 radical (unpaired) electrons. The summed E-state index contributed by atoms with van der Waals surface area (Å²) in [5, 5.41) is 0. The van der Waals surface area contributed by atoms with Crippen molar-refractivity contribution in [3.8, 4) is 16.9 Å². The van der Waals surface area contributed by atoms with Gasteiger partial charge < -0.3 is 0 Å². The van der Waals surface area contributed by atoms with Crippen molar-refractivity contribution in [1.29, 1.82) is 0 Å². The Morgan fingerprint density at radius 2 is 1.82 bits per heavy atom. The Kier molecular flexibility index (Phi) is 4.12. The number of nitrogens with two attached hydrogens (primary N) is 1. The molecule has 2 aromatic carbocycles. The molecular formula is C18H21IN2O. The van der Waals surface area contributed by atoms with E-state index in [1.165, 1.54) is 11.1 Å². The second-order valence-corrected chi connectivity index (χ2v) is 11.0. The summed E-state index contributed by atoms with van der Waals surface area (Å²) >= 11 is -1.21. The van der Waals surface area contributed by atoms with Crippen molar-refractivity contribution in [1.82, 2.24) is 0 Å². The fraction of sp³-hybridized carbons (Fsp3) is 0.278. The van der Waals surface area contributed by atoms with Crippen molar-refractivity contribution < 1.29 is 4.74 Å². The molecule has 0 amide bonds. The summed E-state index contributed by atoms with van der Waals surface area (Å²) in [7, 11) is 1.69. The van der Waals surface area contributed by atoms with Crippen LogP contribution >= 0.6 is 19.8 Å². The number of ether oxygens (including phenoxy) is 1. The van der Waals surface area contributed by atoms with Crippen LogP contribution in [0.15, 0.2) is 53.5 Å². The van der Waals surface area contributed by atoms with Gasteiger partial charge in [0.1, 0.15) is 0 Å². The molecular weight excluding hydrogens is 387 g/mol. The number of halogens is 1. The van der Waals surface area contributed by atoms with E-state index in [4.69, 9.17) is 15.5 Å². The fourth-order valence-corrected chi connectivity index (χ4v) is 6.95. The Bertz CT molecular complexity index is 729. The molecule has 0 aromatic heterocycles. The Morgan fingerprint density at radius 1 is 1.14 bits per heavy atom. The number of rotatable bonds is 3. The molecule has 0 bridgehead atoms. The van der Waals surface area contributed by atoms with Gasteiger partial charge in [-0.25, -0.2) is 0 Å². The molecule has 0 saturated heterocycles. The average Bonchev–Trinajstić information content (AvgIpc) is 2.81. The number of methoxy groups -OCH3 is 1. The second kappa shape index (κ2) is 5.91. The molecule has 0 spiro atoms. The zero-order valence-electron chi connectivity index (χ0n) is 13.1. The molecule has 1 aliphatic heterocycles. The van der Waals surface area contributed by atoms with Gasteiger partial charge in [-0.2, -0.15) is 0 Å². The summed E-state index contributed by atoms with van der Waals surface area (Å²) in [5.41, 5.74) is 9.52. The van der Waals surface area contributed by atoms with Gasteiger partial charge in [0.15, 0.2) is 0 Å². The van der Waals surface area contributed by atoms with Gasteiger partial charge in [-0.05, 0) is 0 Å². The number of hydrogen-bond donors (Lipinski definition) is 1. The van der Waals surface area contributed by atoms with Gasteiger partial charge in [-0.15, -0.1) is 0 Å². The van der Waals surface area contributed by atoms with Gasteiger partial charge in [0.2, 0.25) is 0 Å². The first kappa shape index (κ1) is 15.3. The SMILES string of the molecule is COc1cccc(-c2cccc(C3(C)CI(C)C(N)=N3)c2)c1. The van der Waals surface area contributed by atoms with Crippen molar-refractivity contribution >= 4 is 23.7 Å². The Hall–Kier alpha value is -1.56. The molecule has 116 valence electrons. The first-order valence-electron chi connectivity index (χ1n) is 7.18. The molecule has 1 aliphatic rings. The minimum atomic E-state index is -1.21. The summed E-state index contributed by atoms with van der Waals surface area (Å²) < 4.78 is 7.35. The average molecular weight is 408 g/mol. The van der Waals surface area contributed by atoms with Crippen LogP contribution in [0.5, 0.6) is 5.75 Å². The molecule has 2 aromatic rings. The Labute approximate surface area is 139 Å². The first-order chi connectivity index (χ1) is 10.5. The standard InChI is InChI=1S/C18H21IN2O/c1-18(12-19(2)17(20)21-18)15-8-4-6-13(10-15)14-7-5-9-16(11-14)22-3/h4-11H,12H2,1-3H3,(H2,20,21). The number of hydrogen-bond acceptors (Lipinski definition) is 3. The van der Waals surface area contributed by atoms with Crippen molar-refractivity contribution in [3.05, 3.63) is 54.1 Å². The molecule has 3 nitrogen and oxygen atoms in total. The van der Waals surface area contributed by atoms with Crippen LogP contribution in [0.4, 0.5) is 0 Å². The summed E-state index contributed by atoms with van der Waals surface area (Å²) in [6.45, 7) is 2.20. The van der Waals surface area contributed by atoms with Gasteiger partial charge in [0.05, 0.1) is 0 Å². The van der Waals surface area contributed by atoms with Crippen LogP contribution in [0.3, 0.4) is 0 Å². The van der Waals surface area contributed by atoms with Crippen molar-refractivity contribution in [2.45, 2.75) is 12.5 Å². The van der Waals surface area contributed by atoms with Crippen LogP contribution in [0, 0.1) is 0 Å². The normalized spacial score (nSPS) is 22.5. The monoisotopic (exact) mass is 408 g/mol. The van der Waals surface area contributed by atoms with Gasteiger partial charge >= 0.3 is 139 Å². The number of amidine groups is 1. The van der Waals surface area contributed by atoms with Crippen LogP contribution < -0.4 is 10.5 Å².